The largest absolute Gasteiger partial charge is 0.275 e. The van der Waals surface area contributed by atoms with Gasteiger partial charge in [0.2, 0.25) is 0 Å². The molecule has 3 nitrogen and oxygen atoms in total. The first-order valence-electron chi connectivity index (χ1n) is 3.10. The smallest absolute Gasteiger partial charge is 0.199 e. The van der Waals surface area contributed by atoms with E-state index < -0.39 is 10.1 Å². The fourth-order valence-electron chi connectivity index (χ4n) is 0.528. The molecule has 0 heterocycles. The molecule has 0 atom stereocenters. The minimum Gasteiger partial charge on any atom is -0.199 e. The molecule has 0 saturated carbocycles. The van der Waals surface area contributed by atoms with Gasteiger partial charge in [0.1, 0.15) is 0 Å². The normalized spacial score (nSPS) is 11.4. The van der Waals surface area contributed by atoms with Gasteiger partial charge in [0.15, 0.2) is 0 Å². The van der Waals surface area contributed by atoms with Gasteiger partial charge in [-0.3, -0.25) is 0 Å². The van der Waals surface area contributed by atoms with Crippen LogP contribution in [0, 0.1) is 6.07 Å². The molecule has 5 heteroatoms. The molecule has 0 aliphatic carbocycles. The van der Waals surface area contributed by atoms with Crippen LogP contribution >= 0.6 is 12.0 Å². The van der Waals surface area contributed by atoms with Crippen molar-refractivity contribution in [2.75, 3.05) is 6.26 Å². The number of hydrogen-bond donors (Lipinski definition) is 0. The third kappa shape index (κ3) is 3.75. The first kappa shape index (κ1) is 9.57. The van der Waals surface area contributed by atoms with E-state index in [9.17, 15) is 8.42 Å². The highest BCUT2D eigenvalue weighted by molar-refractivity contribution is 8.04. The van der Waals surface area contributed by atoms with Crippen molar-refractivity contribution in [1.29, 1.82) is 0 Å². The van der Waals surface area contributed by atoms with E-state index in [1.807, 2.05) is 0 Å². The maximum Gasteiger partial charge on any atom is 0.275 e. The van der Waals surface area contributed by atoms with Crippen molar-refractivity contribution in [2.24, 2.45) is 0 Å². The van der Waals surface area contributed by atoms with Gasteiger partial charge in [0, 0.05) is 16.9 Å². The summed E-state index contributed by atoms with van der Waals surface area (Å²) in [5.41, 5.74) is 0. The Morgan fingerprint density at radius 2 is 2.00 bits per heavy atom. The summed E-state index contributed by atoms with van der Waals surface area (Å²) in [5.74, 6) is 0. The maximum atomic E-state index is 10.6. The lowest BCUT2D eigenvalue weighted by molar-refractivity contribution is 0.525. The fraction of sp³-hybridized carbons (Fsp3) is 0.143. The first-order valence-corrected chi connectivity index (χ1v) is 5.66. The third-order valence-corrected chi connectivity index (χ3v) is 2.67. The second-order valence-electron chi connectivity index (χ2n) is 2.09. The first-order chi connectivity index (χ1) is 5.58. The summed E-state index contributed by atoms with van der Waals surface area (Å²) in [6.07, 6.45) is 1.01. The van der Waals surface area contributed by atoms with Gasteiger partial charge in [-0.1, -0.05) is 12.1 Å². The van der Waals surface area contributed by atoms with Crippen LogP contribution < -0.4 is 0 Å². The highest BCUT2D eigenvalue weighted by Crippen LogP contribution is 2.19. The van der Waals surface area contributed by atoms with Gasteiger partial charge >= 0.3 is 0 Å². The van der Waals surface area contributed by atoms with Crippen LogP contribution in [-0.4, -0.2) is 14.7 Å². The van der Waals surface area contributed by atoms with Crippen molar-refractivity contribution in [2.45, 2.75) is 4.90 Å². The van der Waals surface area contributed by atoms with Gasteiger partial charge < -0.3 is 0 Å². The van der Waals surface area contributed by atoms with E-state index in [4.69, 9.17) is 0 Å². The van der Waals surface area contributed by atoms with Crippen LogP contribution in [0.4, 0.5) is 0 Å². The van der Waals surface area contributed by atoms with Crippen molar-refractivity contribution < 1.29 is 12.0 Å². The Hall–Kier alpha value is -0.520. The predicted octanol–water partition coefficient (Wildman–Crippen LogP) is 1.47. The van der Waals surface area contributed by atoms with Crippen molar-refractivity contribution in [3.05, 3.63) is 30.3 Å². The molecule has 0 aliphatic heterocycles. The Kier molecular flexibility index (Phi) is 3.13. The van der Waals surface area contributed by atoms with E-state index >= 15 is 0 Å². The molecule has 0 bridgehead atoms. The Bertz CT molecular complexity index is 331. The molecule has 1 aromatic carbocycles. The van der Waals surface area contributed by atoms with Crippen LogP contribution in [0.3, 0.4) is 0 Å². The Morgan fingerprint density at radius 1 is 1.42 bits per heavy atom. The van der Waals surface area contributed by atoms with Gasteiger partial charge in [-0.15, -0.1) is 0 Å². The number of benzene rings is 1. The molecule has 1 rings (SSSR count). The van der Waals surface area contributed by atoms with E-state index in [1.165, 1.54) is 0 Å². The van der Waals surface area contributed by atoms with Crippen LogP contribution in [0.2, 0.25) is 0 Å². The minimum atomic E-state index is -3.37. The summed E-state index contributed by atoms with van der Waals surface area (Å²) in [6, 6.07) is 9.62. The average molecular weight is 203 g/mol. The quantitative estimate of drug-likeness (QED) is 0.698. The van der Waals surface area contributed by atoms with Gasteiger partial charge in [0.05, 0.1) is 6.26 Å². The summed E-state index contributed by atoms with van der Waals surface area (Å²) in [6.45, 7) is 0. The fourth-order valence-corrected chi connectivity index (χ4v) is 1.58. The van der Waals surface area contributed by atoms with E-state index in [0.717, 1.165) is 23.2 Å². The maximum absolute atomic E-state index is 10.6. The van der Waals surface area contributed by atoms with Crippen LogP contribution in [-0.2, 0) is 13.7 Å². The highest BCUT2D eigenvalue weighted by atomic mass is 32.3. The Balaban J connectivity index is 2.56. The van der Waals surface area contributed by atoms with E-state index in [-0.39, 0.29) is 0 Å². The summed E-state index contributed by atoms with van der Waals surface area (Å²) < 4.78 is 25.6. The van der Waals surface area contributed by atoms with Crippen LogP contribution in [0.5, 0.6) is 0 Å². The van der Waals surface area contributed by atoms with Gasteiger partial charge in [0.25, 0.3) is 10.1 Å². The third-order valence-electron chi connectivity index (χ3n) is 0.941. The van der Waals surface area contributed by atoms with Crippen molar-refractivity contribution >= 4 is 22.2 Å². The number of hydrogen-bond acceptors (Lipinski definition) is 4. The topological polar surface area (TPSA) is 43.4 Å². The molecule has 0 amide bonds. The zero-order chi connectivity index (χ0) is 9.03. The lowest BCUT2D eigenvalue weighted by Gasteiger charge is -1.97. The zero-order valence-corrected chi connectivity index (χ0v) is 7.98. The molecule has 0 N–H and O–H groups in total. The monoisotopic (exact) mass is 203 g/mol. The van der Waals surface area contributed by atoms with Gasteiger partial charge in [-0.2, -0.15) is 12.0 Å². The van der Waals surface area contributed by atoms with Crippen molar-refractivity contribution in [1.82, 2.24) is 0 Å². The summed E-state index contributed by atoms with van der Waals surface area (Å²) in [4.78, 5) is 0.735. The zero-order valence-electron chi connectivity index (χ0n) is 6.35. The molecule has 0 saturated heterocycles. The SMILES string of the molecule is CS(=O)(=O)OSc1cc[c]cc1. The number of rotatable bonds is 3. The van der Waals surface area contributed by atoms with Crippen LogP contribution in [0.15, 0.2) is 29.2 Å². The minimum absolute atomic E-state index is 0.735. The highest BCUT2D eigenvalue weighted by Gasteiger charge is 2.02. The average Bonchev–Trinajstić information content (AvgIpc) is 2.02. The lowest BCUT2D eigenvalue weighted by Crippen LogP contribution is -1.94. The predicted molar refractivity (Wildman–Crippen MR) is 47.1 cm³/mol. The second-order valence-corrected chi connectivity index (χ2v) is 4.68. The molecule has 1 aromatic rings. The van der Waals surface area contributed by atoms with E-state index in [1.54, 1.807) is 24.3 Å². The Labute approximate surface area is 76.1 Å². The molecule has 0 spiro atoms. The van der Waals surface area contributed by atoms with Crippen LogP contribution in [0.1, 0.15) is 0 Å². The van der Waals surface area contributed by atoms with Gasteiger partial charge in [-0.05, 0) is 18.2 Å². The molecule has 0 fully saturated rings. The standard InChI is InChI=1S/C7H7O3S2/c1-12(8,9)10-11-7-5-3-2-4-6-7/h3-6H,1H3. The summed E-state index contributed by atoms with van der Waals surface area (Å²) in [5, 5.41) is 0. The van der Waals surface area contributed by atoms with E-state index in [2.05, 4.69) is 9.70 Å². The Morgan fingerprint density at radius 3 is 2.50 bits per heavy atom. The lowest BCUT2D eigenvalue weighted by atomic mass is 10.4. The molecule has 0 aromatic heterocycles. The van der Waals surface area contributed by atoms with Gasteiger partial charge in [-0.25, -0.2) is 0 Å². The van der Waals surface area contributed by atoms with Crippen molar-refractivity contribution in [3.63, 3.8) is 0 Å². The second kappa shape index (κ2) is 3.93. The summed E-state index contributed by atoms with van der Waals surface area (Å²) in [7, 11) is -3.37. The molecule has 12 heavy (non-hydrogen) atoms. The van der Waals surface area contributed by atoms with E-state index in [0.29, 0.717) is 0 Å². The summed E-state index contributed by atoms with van der Waals surface area (Å²) >= 11 is 0.819. The molecule has 0 aliphatic rings. The molecule has 0 unspecified atom stereocenters. The molecule has 1 radical (unpaired) electrons. The molecule has 65 valence electrons. The van der Waals surface area contributed by atoms with Crippen LogP contribution in [0.25, 0.3) is 0 Å². The van der Waals surface area contributed by atoms with Crippen molar-refractivity contribution in [3.8, 4) is 0 Å². The molecular weight excluding hydrogens is 196 g/mol. The molecular formula is C7H7O3S2.